The number of hydrogen-bond donors (Lipinski definition) is 1. The van der Waals surface area contributed by atoms with Crippen molar-refractivity contribution < 1.29 is 4.79 Å². The number of carbonyl (C=O) groups is 1. The first-order valence-electron chi connectivity index (χ1n) is 10.5. The van der Waals surface area contributed by atoms with E-state index in [-0.39, 0.29) is 12.5 Å². The Morgan fingerprint density at radius 2 is 1.83 bits per heavy atom. The number of nitrogens with zero attached hydrogens (tertiary/aromatic N) is 3. The van der Waals surface area contributed by atoms with Crippen molar-refractivity contribution in [3.8, 4) is 0 Å². The van der Waals surface area contributed by atoms with Gasteiger partial charge in [0.2, 0.25) is 5.91 Å². The van der Waals surface area contributed by atoms with E-state index in [9.17, 15) is 9.59 Å². The van der Waals surface area contributed by atoms with Crippen LogP contribution in [-0.4, -0.2) is 28.5 Å². The molecule has 0 spiro atoms. The van der Waals surface area contributed by atoms with E-state index in [1.54, 1.807) is 0 Å². The number of amides is 1. The molecule has 0 saturated carbocycles. The summed E-state index contributed by atoms with van der Waals surface area (Å²) < 4.78 is 1.46. The maximum Gasteiger partial charge on any atom is 0.350 e. The highest BCUT2D eigenvalue weighted by molar-refractivity contribution is 5.94. The summed E-state index contributed by atoms with van der Waals surface area (Å²) >= 11 is 0. The van der Waals surface area contributed by atoms with Gasteiger partial charge in [0, 0.05) is 24.2 Å². The van der Waals surface area contributed by atoms with Crippen LogP contribution in [0, 0.1) is 19.8 Å². The summed E-state index contributed by atoms with van der Waals surface area (Å²) in [7, 11) is 0. The minimum absolute atomic E-state index is 0.0728. The molecule has 156 valence electrons. The highest BCUT2D eigenvalue weighted by Gasteiger charge is 2.21. The van der Waals surface area contributed by atoms with E-state index in [1.807, 2.05) is 56.3 Å². The number of nitrogens with one attached hydrogen (secondary N) is 1. The number of aromatic nitrogens is 2. The molecule has 30 heavy (non-hydrogen) atoms. The zero-order valence-corrected chi connectivity index (χ0v) is 17.8. The molecule has 1 aliphatic heterocycles. The first kappa shape index (κ1) is 20.1. The van der Waals surface area contributed by atoms with Crippen molar-refractivity contribution in [3.63, 3.8) is 0 Å². The molecule has 1 aromatic heterocycles. The van der Waals surface area contributed by atoms with Gasteiger partial charge in [-0.1, -0.05) is 25.1 Å². The van der Waals surface area contributed by atoms with E-state index in [0.29, 0.717) is 5.92 Å². The van der Waals surface area contributed by atoms with Crippen LogP contribution in [0.15, 0.2) is 47.3 Å². The summed E-state index contributed by atoms with van der Waals surface area (Å²) in [5.41, 5.74) is 3.35. The molecule has 1 fully saturated rings. The van der Waals surface area contributed by atoms with Gasteiger partial charge >= 0.3 is 5.69 Å². The lowest BCUT2D eigenvalue weighted by molar-refractivity contribution is -0.116. The Hall–Kier alpha value is -3.15. The molecule has 0 radical (unpaired) electrons. The highest BCUT2D eigenvalue weighted by atomic mass is 16.2. The van der Waals surface area contributed by atoms with Crippen molar-refractivity contribution in [1.29, 1.82) is 0 Å². The van der Waals surface area contributed by atoms with Crippen molar-refractivity contribution in [1.82, 2.24) is 9.55 Å². The number of fused-ring (bicyclic) bond motifs is 1. The van der Waals surface area contributed by atoms with Crippen molar-refractivity contribution in [2.75, 3.05) is 23.3 Å². The fourth-order valence-electron chi connectivity index (χ4n) is 3.99. The molecule has 6 heteroatoms. The molecule has 4 rings (SSSR count). The predicted molar refractivity (Wildman–Crippen MR) is 121 cm³/mol. The van der Waals surface area contributed by atoms with Crippen LogP contribution in [0.2, 0.25) is 0 Å². The van der Waals surface area contributed by atoms with Crippen molar-refractivity contribution >= 4 is 28.3 Å². The van der Waals surface area contributed by atoms with E-state index in [4.69, 9.17) is 0 Å². The number of rotatable bonds is 4. The van der Waals surface area contributed by atoms with Gasteiger partial charge < -0.3 is 10.2 Å². The Morgan fingerprint density at radius 1 is 1.10 bits per heavy atom. The van der Waals surface area contributed by atoms with Gasteiger partial charge in [-0.15, -0.1) is 0 Å². The van der Waals surface area contributed by atoms with Gasteiger partial charge in [-0.05, 0) is 68.0 Å². The number of benzene rings is 2. The van der Waals surface area contributed by atoms with Gasteiger partial charge in [0.05, 0.1) is 5.52 Å². The molecule has 0 bridgehead atoms. The van der Waals surface area contributed by atoms with Crippen LogP contribution in [0.5, 0.6) is 0 Å². The normalized spacial score (nSPS) is 14.8. The Morgan fingerprint density at radius 3 is 2.57 bits per heavy atom. The Kier molecular flexibility index (Phi) is 5.57. The monoisotopic (exact) mass is 404 g/mol. The van der Waals surface area contributed by atoms with Gasteiger partial charge in [-0.3, -0.25) is 9.36 Å². The van der Waals surface area contributed by atoms with Crippen LogP contribution < -0.4 is 15.9 Å². The zero-order valence-electron chi connectivity index (χ0n) is 17.8. The molecule has 1 N–H and O–H groups in total. The highest BCUT2D eigenvalue weighted by Crippen LogP contribution is 2.27. The van der Waals surface area contributed by atoms with E-state index in [0.717, 1.165) is 53.9 Å². The van der Waals surface area contributed by atoms with Crippen LogP contribution in [0.3, 0.4) is 0 Å². The van der Waals surface area contributed by atoms with Gasteiger partial charge in [-0.2, -0.15) is 4.98 Å². The third-order valence-electron chi connectivity index (χ3n) is 6.04. The van der Waals surface area contributed by atoms with Gasteiger partial charge in [-0.25, -0.2) is 4.79 Å². The molecule has 1 aliphatic rings. The average molecular weight is 405 g/mol. The standard InChI is InChI=1S/C24H28N4O2/c1-16-10-12-27(13-11-16)23-20-6-4-5-7-21(20)28(24(30)26-23)15-22(29)25-19-9-8-17(2)18(3)14-19/h4-9,14,16H,10-13,15H2,1-3H3,(H,25,29). The molecule has 2 aromatic carbocycles. The zero-order chi connectivity index (χ0) is 21.3. The summed E-state index contributed by atoms with van der Waals surface area (Å²) in [6, 6.07) is 13.5. The quantitative estimate of drug-likeness (QED) is 0.716. The Balaban J connectivity index is 1.64. The van der Waals surface area contributed by atoms with Gasteiger partial charge in [0.1, 0.15) is 12.4 Å². The number of carbonyl (C=O) groups excluding carboxylic acids is 1. The molecule has 3 aromatic rings. The second kappa shape index (κ2) is 8.30. The van der Waals surface area contributed by atoms with Gasteiger partial charge in [0.25, 0.3) is 0 Å². The molecule has 0 unspecified atom stereocenters. The van der Waals surface area contributed by atoms with E-state index >= 15 is 0 Å². The van der Waals surface area contributed by atoms with Crippen molar-refractivity contribution in [2.24, 2.45) is 5.92 Å². The lowest BCUT2D eigenvalue weighted by Crippen LogP contribution is -2.37. The van der Waals surface area contributed by atoms with E-state index < -0.39 is 5.69 Å². The third-order valence-corrected chi connectivity index (χ3v) is 6.04. The first-order chi connectivity index (χ1) is 14.4. The maximum atomic E-state index is 12.9. The van der Waals surface area contributed by atoms with E-state index in [2.05, 4.69) is 22.1 Å². The van der Waals surface area contributed by atoms with Crippen molar-refractivity contribution in [3.05, 3.63) is 64.1 Å². The molecule has 2 heterocycles. The summed E-state index contributed by atoms with van der Waals surface area (Å²) in [4.78, 5) is 32.2. The average Bonchev–Trinajstić information content (AvgIpc) is 2.73. The molecule has 1 saturated heterocycles. The number of piperidine rings is 1. The number of aryl methyl sites for hydroxylation is 2. The molecule has 0 aliphatic carbocycles. The number of para-hydroxylation sites is 1. The van der Waals surface area contributed by atoms with Crippen LogP contribution >= 0.6 is 0 Å². The second-order valence-corrected chi connectivity index (χ2v) is 8.34. The summed E-state index contributed by atoms with van der Waals surface area (Å²) in [6.45, 7) is 8.02. The smallest absolute Gasteiger partial charge is 0.350 e. The predicted octanol–water partition coefficient (Wildman–Crippen LogP) is 3.89. The molecule has 1 amide bonds. The van der Waals surface area contributed by atoms with Crippen LogP contribution in [0.25, 0.3) is 10.9 Å². The summed E-state index contributed by atoms with van der Waals surface area (Å²) in [6.07, 6.45) is 2.19. The first-order valence-corrected chi connectivity index (χ1v) is 10.5. The lowest BCUT2D eigenvalue weighted by atomic mass is 9.99. The summed E-state index contributed by atoms with van der Waals surface area (Å²) in [5, 5.41) is 3.80. The summed E-state index contributed by atoms with van der Waals surface area (Å²) in [5.74, 6) is 1.18. The number of hydrogen-bond acceptors (Lipinski definition) is 4. The van der Waals surface area contributed by atoms with Crippen LogP contribution in [0.4, 0.5) is 11.5 Å². The molecular formula is C24H28N4O2. The van der Waals surface area contributed by atoms with Crippen LogP contribution in [0.1, 0.15) is 30.9 Å². The Labute approximate surface area is 176 Å². The second-order valence-electron chi connectivity index (χ2n) is 8.34. The van der Waals surface area contributed by atoms with Gasteiger partial charge in [0.15, 0.2) is 0 Å². The van der Waals surface area contributed by atoms with Crippen molar-refractivity contribution in [2.45, 2.75) is 40.2 Å². The maximum absolute atomic E-state index is 12.9. The molecule has 6 nitrogen and oxygen atoms in total. The Bertz CT molecular complexity index is 1140. The topological polar surface area (TPSA) is 67.2 Å². The van der Waals surface area contributed by atoms with Crippen LogP contribution in [-0.2, 0) is 11.3 Å². The minimum atomic E-state index is -0.391. The largest absolute Gasteiger partial charge is 0.356 e. The molecular weight excluding hydrogens is 376 g/mol. The SMILES string of the molecule is Cc1ccc(NC(=O)Cn2c(=O)nc(N3CCC(C)CC3)c3ccccc32)cc1C. The third kappa shape index (κ3) is 4.08. The molecule has 0 atom stereocenters. The fourth-order valence-corrected chi connectivity index (χ4v) is 3.99. The lowest BCUT2D eigenvalue weighted by Gasteiger charge is -2.32. The minimum Gasteiger partial charge on any atom is -0.356 e. The fraction of sp³-hybridized carbons (Fsp3) is 0.375. The number of anilines is 2. The van der Waals surface area contributed by atoms with E-state index in [1.165, 1.54) is 10.1 Å².